The first-order valence-corrected chi connectivity index (χ1v) is 9.23. The first kappa shape index (κ1) is 16.2. The predicted molar refractivity (Wildman–Crippen MR) is 99.8 cm³/mol. The molecule has 1 aromatic carbocycles. The zero-order valence-electron chi connectivity index (χ0n) is 15.0. The summed E-state index contributed by atoms with van der Waals surface area (Å²) in [7, 11) is 0. The highest BCUT2D eigenvalue weighted by Crippen LogP contribution is 2.50. The van der Waals surface area contributed by atoms with E-state index in [0.29, 0.717) is 23.6 Å². The second kappa shape index (κ2) is 5.74. The van der Waals surface area contributed by atoms with Crippen molar-refractivity contribution < 1.29 is 9.18 Å². The molecule has 5 rings (SSSR count). The summed E-state index contributed by atoms with van der Waals surface area (Å²) in [5.41, 5.74) is 4.27. The first-order valence-electron chi connectivity index (χ1n) is 9.23. The van der Waals surface area contributed by atoms with Crippen molar-refractivity contribution in [1.82, 2.24) is 20.3 Å². The Morgan fingerprint density at radius 2 is 2.00 bits per heavy atom. The number of aryl methyl sites for hydroxylation is 1. The number of H-pyrrole nitrogens is 1. The third-order valence-electron chi connectivity index (χ3n) is 5.65. The minimum atomic E-state index is -0.507. The molecule has 5 nitrogen and oxygen atoms in total. The van der Waals surface area contributed by atoms with Gasteiger partial charge in [-0.05, 0) is 30.9 Å². The number of carbonyl (C=O) groups excluding carboxylic acids is 1. The van der Waals surface area contributed by atoms with Crippen molar-refractivity contribution >= 4 is 5.91 Å². The maximum absolute atomic E-state index is 14.5. The van der Waals surface area contributed by atoms with Gasteiger partial charge < -0.3 is 10.3 Å². The number of rotatable bonds is 3. The summed E-state index contributed by atoms with van der Waals surface area (Å²) in [6.45, 7) is 2.73. The van der Waals surface area contributed by atoms with E-state index in [1.54, 1.807) is 6.07 Å². The molecular formula is C21H19FN4O. The van der Waals surface area contributed by atoms with Crippen molar-refractivity contribution in [3.05, 3.63) is 59.2 Å². The number of carbonyl (C=O) groups is 1. The van der Waals surface area contributed by atoms with E-state index in [4.69, 9.17) is 0 Å². The summed E-state index contributed by atoms with van der Waals surface area (Å²) in [5.74, 6) is -0.158. The molecule has 136 valence electrons. The van der Waals surface area contributed by atoms with Crippen LogP contribution in [0, 0.1) is 5.82 Å². The summed E-state index contributed by atoms with van der Waals surface area (Å²) in [6, 6.07) is 9.65. The van der Waals surface area contributed by atoms with Crippen LogP contribution < -0.4 is 5.32 Å². The number of nitrogens with zero attached hydrogens (tertiary/aromatic N) is 2. The lowest BCUT2D eigenvalue weighted by molar-refractivity contribution is 0.0937. The second-order valence-electron chi connectivity index (χ2n) is 7.38. The zero-order chi connectivity index (χ0) is 18.6. The largest absolute Gasteiger partial charge is 0.356 e. The van der Waals surface area contributed by atoms with E-state index in [1.807, 2.05) is 24.3 Å². The van der Waals surface area contributed by atoms with Gasteiger partial charge in [0.05, 0.1) is 17.5 Å². The molecule has 0 radical (unpaired) electrons. The fraction of sp³-hybridized carbons (Fsp3) is 0.286. The van der Waals surface area contributed by atoms with Crippen LogP contribution in [0.2, 0.25) is 0 Å². The van der Waals surface area contributed by atoms with Gasteiger partial charge in [-0.3, -0.25) is 4.79 Å². The molecule has 1 amide bonds. The highest BCUT2D eigenvalue weighted by molar-refractivity contribution is 5.98. The minimum Gasteiger partial charge on any atom is -0.356 e. The maximum Gasteiger partial charge on any atom is 0.253 e. The Kier molecular flexibility index (Phi) is 3.44. The molecule has 27 heavy (non-hydrogen) atoms. The summed E-state index contributed by atoms with van der Waals surface area (Å²) >= 11 is 0. The van der Waals surface area contributed by atoms with Crippen LogP contribution >= 0.6 is 0 Å². The van der Waals surface area contributed by atoms with Crippen LogP contribution in [-0.4, -0.2) is 27.4 Å². The highest BCUT2D eigenvalue weighted by Gasteiger charge is 2.50. The monoisotopic (exact) mass is 362 g/mol. The number of halogens is 1. The van der Waals surface area contributed by atoms with Gasteiger partial charge in [-0.25, -0.2) is 14.4 Å². The van der Waals surface area contributed by atoms with E-state index in [0.717, 1.165) is 30.5 Å². The quantitative estimate of drug-likeness (QED) is 0.748. The summed E-state index contributed by atoms with van der Waals surface area (Å²) in [4.78, 5) is 24.1. The lowest BCUT2D eigenvalue weighted by Gasteiger charge is -2.21. The van der Waals surface area contributed by atoms with Gasteiger partial charge in [0.25, 0.3) is 5.91 Å². The zero-order valence-corrected chi connectivity index (χ0v) is 15.0. The molecular weight excluding hydrogens is 343 g/mol. The first-order chi connectivity index (χ1) is 13.1. The third-order valence-corrected chi connectivity index (χ3v) is 5.65. The molecule has 1 spiro atoms. The molecule has 0 saturated heterocycles. The molecule has 2 aliphatic rings. The standard InChI is InChI=1S/C21H19FN4O/c1-2-12-3-5-13(6-4-12)19-23-10-15(22)17(26-19)16-9-14-18(25-16)21(7-8-21)11-24-20(14)27/h3-6,9-10,25H,2,7-8,11H2,1H3,(H,24,27). The minimum absolute atomic E-state index is 0.0101. The summed E-state index contributed by atoms with van der Waals surface area (Å²) in [5, 5.41) is 2.93. The number of hydrogen-bond donors (Lipinski definition) is 2. The molecule has 1 fully saturated rings. The predicted octanol–water partition coefficient (Wildman–Crippen LogP) is 3.62. The van der Waals surface area contributed by atoms with E-state index >= 15 is 0 Å². The Morgan fingerprint density at radius 1 is 1.22 bits per heavy atom. The average molecular weight is 362 g/mol. The number of aromatic amines is 1. The van der Waals surface area contributed by atoms with Crippen molar-refractivity contribution in [2.45, 2.75) is 31.6 Å². The van der Waals surface area contributed by atoms with E-state index in [-0.39, 0.29) is 17.0 Å². The van der Waals surface area contributed by atoms with E-state index in [2.05, 4.69) is 27.2 Å². The molecule has 3 heterocycles. The Morgan fingerprint density at radius 3 is 2.70 bits per heavy atom. The summed E-state index contributed by atoms with van der Waals surface area (Å²) < 4.78 is 14.5. The number of aromatic nitrogens is 3. The molecule has 2 aromatic heterocycles. The Balaban J connectivity index is 1.58. The van der Waals surface area contributed by atoms with Crippen molar-refractivity contribution in [2.75, 3.05) is 6.54 Å². The molecule has 0 bridgehead atoms. The van der Waals surface area contributed by atoms with Crippen LogP contribution in [0.25, 0.3) is 22.8 Å². The van der Waals surface area contributed by atoms with E-state index in [1.165, 1.54) is 11.8 Å². The number of benzene rings is 1. The number of nitrogens with one attached hydrogen (secondary N) is 2. The van der Waals surface area contributed by atoms with Crippen molar-refractivity contribution in [2.24, 2.45) is 0 Å². The van der Waals surface area contributed by atoms with Gasteiger partial charge in [0.1, 0.15) is 5.69 Å². The molecule has 2 N–H and O–H groups in total. The van der Waals surface area contributed by atoms with E-state index in [9.17, 15) is 9.18 Å². The van der Waals surface area contributed by atoms with Crippen molar-refractivity contribution in [1.29, 1.82) is 0 Å². The molecule has 3 aromatic rings. The molecule has 1 aliphatic carbocycles. The number of fused-ring (bicyclic) bond motifs is 2. The molecule has 1 aliphatic heterocycles. The maximum atomic E-state index is 14.5. The van der Waals surface area contributed by atoms with Gasteiger partial charge in [0, 0.05) is 23.2 Å². The lowest BCUT2D eigenvalue weighted by atomic mass is 9.95. The third kappa shape index (κ3) is 2.55. The fourth-order valence-electron chi connectivity index (χ4n) is 3.77. The van der Waals surface area contributed by atoms with Crippen molar-refractivity contribution in [3.8, 4) is 22.8 Å². The Bertz CT molecular complexity index is 1050. The highest BCUT2D eigenvalue weighted by atomic mass is 19.1. The second-order valence-corrected chi connectivity index (χ2v) is 7.38. The molecule has 0 atom stereocenters. The van der Waals surface area contributed by atoms with Crippen LogP contribution in [0.4, 0.5) is 4.39 Å². The van der Waals surface area contributed by atoms with Gasteiger partial charge in [-0.1, -0.05) is 31.2 Å². The van der Waals surface area contributed by atoms with Crippen LogP contribution in [0.1, 0.15) is 41.4 Å². The van der Waals surface area contributed by atoms with Crippen LogP contribution in [-0.2, 0) is 11.8 Å². The van der Waals surface area contributed by atoms with Gasteiger partial charge in [-0.15, -0.1) is 0 Å². The van der Waals surface area contributed by atoms with Gasteiger partial charge in [0.2, 0.25) is 0 Å². The van der Waals surface area contributed by atoms with Gasteiger partial charge in [-0.2, -0.15) is 0 Å². The molecule has 1 saturated carbocycles. The van der Waals surface area contributed by atoms with Crippen LogP contribution in [0.3, 0.4) is 0 Å². The molecule has 6 heteroatoms. The van der Waals surface area contributed by atoms with Gasteiger partial charge >= 0.3 is 0 Å². The normalized spacial score (nSPS) is 16.9. The summed E-state index contributed by atoms with van der Waals surface area (Å²) in [6.07, 6.45) is 4.20. The lowest BCUT2D eigenvalue weighted by Crippen LogP contribution is -2.38. The smallest absolute Gasteiger partial charge is 0.253 e. The van der Waals surface area contributed by atoms with E-state index < -0.39 is 5.82 Å². The SMILES string of the molecule is CCc1ccc(-c2ncc(F)c(-c3cc4c([nH]3)C3(CC3)CNC4=O)n2)cc1. The molecule has 0 unspecified atom stereocenters. The fourth-order valence-corrected chi connectivity index (χ4v) is 3.77. The van der Waals surface area contributed by atoms with Crippen molar-refractivity contribution in [3.63, 3.8) is 0 Å². The Hall–Kier alpha value is -3.02. The number of hydrogen-bond acceptors (Lipinski definition) is 3. The van der Waals surface area contributed by atoms with Gasteiger partial charge in [0.15, 0.2) is 11.6 Å². The van der Waals surface area contributed by atoms with Crippen LogP contribution in [0.5, 0.6) is 0 Å². The topological polar surface area (TPSA) is 70.7 Å². The Labute approximate surface area is 156 Å². The average Bonchev–Trinajstić information content (AvgIpc) is 3.33. The van der Waals surface area contributed by atoms with Crippen LogP contribution in [0.15, 0.2) is 36.5 Å². The number of amides is 1.